The highest BCUT2D eigenvalue weighted by Gasteiger charge is 2.30. The number of amides is 2. The molecule has 154 valence electrons. The molecule has 30 heavy (non-hydrogen) atoms. The third-order valence-corrected chi connectivity index (χ3v) is 6.12. The molecule has 0 aliphatic carbocycles. The summed E-state index contributed by atoms with van der Waals surface area (Å²) in [7, 11) is 1.59. The van der Waals surface area contributed by atoms with Crippen LogP contribution in [0, 0.1) is 25.2 Å². The van der Waals surface area contributed by atoms with E-state index in [1.54, 1.807) is 19.2 Å². The molecular weight excluding hydrogens is 398 g/mol. The van der Waals surface area contributed by atoms with E-state index in [1.165, 1.54) is 11.8 Å². The first-order chi connectivity index (χ1) is 14.4. The van der Waals surface area contributed by atoms with Gasteiger partial charge in [0.05, 0.1) is 29.5 Å². The Hall–Kier alpha value is -3.24. The highest BCUT2D eigenvalue weighted by atomic mass is 32.2. The summed E-state index contributed by atoms with van der Waals surface area (Å²) < 4.78 is 5.18. The molecule has 0 saturated heterocycles. The molecule has 3 rings (SSSR count). The molecule has 0 bridgehead atoms. The van der Waals surface area contributed by atoms with Crippen molar-refractivity contribution in [1.29, 1.82) is 5.26 Å². The largest absolute Gasteiger partial charge is 0.497 e. The summed E-state index contributed by atoms with van der Waals surface area (Å²) in [6.07, 6.45) is 0.188. The van der Waals surface area contributed by atoms with E-state index in [9.17, 15) is 14.9 Å². The maximum Gasteiger partial charge on any atom is 0.234 e. The maximum absolute atomic E-state index is 12.5. The van der Waals surface area contributed by atoms with Gasteiger partial charge in [0.25, 0.3) is 0 Å². The number of rotatable bonds is 6. The minimum atomic E-state index is -0.348. The lowest BCUT2D eigenvalue weighted by atomic mass is 9.87. The lowest BCUT2D eigenvalue weighted by Gasteiger charge is -2.25. The molecule has 2 aromatic rings. The average molecular weight is 422 g/mol. The van der Waals surface area contributed by atoms with E-state index in [0.717, 1.165) is 22.4 Å². The van der Waals surface area contributed by atoms with E-state index >= 15 is 0 Å². The first kappa shape index (κ1) is 21.5. The maximum atomic E-state index is 12.5. The number of aryl methyl sites for hydroxylation is 1. The number of nitrogens with zero attached hydrogens (tertiary/aromatic N) is 1. The van der Waals surface area contributed by atoms with Gasteiger partial charge >= 0.3 is 0 Å². The van der Waals surface area contributed by atoms with Crippen molar-refractivity contribution in [3.63, 3.8) is 0 Å². The van der Waals surface area contributed by atoms with Gasteiger partial charge in [-0.2, -0.15) is 5.26 Å². The summed E-state index contributed by atoms with van der Waals surface area (Å²) in [5.41, 5.74) is 4.19. The van der Waals surface area contributed by atoms with E-state index in [4.69, 9.17) is 4.74 Å². The average Bonchev–Trinajstić information content (AvgIpc) is 2.75. The first-order valence-corrected chi connectivity index (χ1v) is 10.5. The van der Waals surface area contributed by atoms with Crippen molar-refractivity contribution in [1.82, 2.24) is 5.32 Å². The molecule has 1 aliphatic rings. The van der Waals surface area contributed by atoms with E-state index < -0.39 is 0 Å². The van der Waals surface area contributed by atoms with Crippen molar-refractivity contribution in [2.75, 3.05) is 18.2 Å². The zero-order valence-electron chi connectivity index (χ0n) is 17.1. The molecule has 1 aliphatic heterocycles. The highest BCUT2D eigenvalue weighted by molar-refractivity contribution is 8.03. The third-order valence-electron chi connectivity index (χ3n) is 5.10. The topological polar surface area (TPSA) is 91.2 Å². The van der Waals surface area contributed by atoms with Crippen molar-refractivity contribution >= 4 is 29.3 Å². The number of nitriles is 1. The van der Waals surface area contributed by atoms with Crippen LogP contribution in [0.4, 0.5) is 5.69 Å². The van der Waals surface area contributed by atoms with Crippen LogP contribution in [0.2, 0.25) is 0 Å². The van der Waals surface area contributed by atoms with Crippen LogP contribution in [0.3, 0.4) is 0 Å². The van der Waals surface area contributed by atoms with Gasteiger partial charge in [-0.3, -0.25) is 9.59 Å². The number of hydrogen-bond donors (Lipinski definition) is 2. The van der Waals surface area contributed by atoms with Crippen LogP contribution in [-0.4, -0.2) is 24.7 Å². The molecule has 2 N–H and O–H groups in total. The molecule has 0 radical (unpaired) electrons. The molecule has 7 heteroatoms. The molecule has 0 unspecified atom stereocenters. The van der Waals surface area contributed by atoms with Crippen LogP contribution < -0.4 is 15.4 Å². The molecular formula is C23H23N3O3S. The van der Waals surface area contributed by atoms with Crippen molar-refractivity contribution in [2.45, 2.75) is 26.2 Å². The fourth-order valence-electron chi connectivity index (χ4n) is 3.26. The normalized spacial score (nSPS) is 15.9. The SMILES string of the molecule is COc1ccc([C@@H]2CC(=O)NC(SCC(=O)Nc3cccc(C)c3C)=C2C#N)cc1. The Balaban J connectivity index is 1.76. The Morgan fingerprint density at radius 2 is 2.00 bits per heavy atom. The molecule has 1 heterocycles. The van der Waals surface area contributed by atoms with Gasteiger partial charge < -0.3 is 15.4 Å². The van der Waals surface area contributed by atoms with Crippen LogP contribution in [-0.2, 0) is 9.59 Å². The smallest absolute Gasteiger partial charge is 0.234 e. The number of nitrogens with one attached hydrogen (secondary N) is 2. The van der Waals surface area contributed by atoms with E-state index in [-0.39, 0.29) is 29.9 Å². The fraction of sp³-hybridized carbons (Fsp3) is 0.261. The van der Waals surface area contributed by atoms with Crippen LogP contribution in [0.5, 0.6) is 5.75 Å². The number of carbonyl (C=O) groups is 2. The van der Waals surface area contributed by atoms with Crippen LogP contribution in [0.25, 0.3) is 0 Å². The second-order valence-electron chi connectivity index (χ2n) is 7.02. The summed E-state index contributed by atoms with van der Waals surface area (Å²) in [5, 5.41) is 15.8. The predicted octanol–water partition coefficient (Wildman–Crippen LogP) is 4.02. The Bertz CT molecular complexity index is 1040. The summed E-state index contributed by atoms with van der Waals surface area (Å²) in [4.78, 5) is 24.7. The van der Waals surface area contributed by atoms with Gasteiger partial charge in [-0.05, 0) is 48.7 Å². The Kier molecular flexibility index (Phi) is 6.80. The minimum absolute atomic E-state index is 0.0868. The molecule has 0 aromatic heterocycles. The van der Waals surface area contributed by atoms with Gasteiger partial charge in [0, 0.05) is 18.0 Å². The number of anilines is 1. The number of carbonyl (C=O) groups excluding carboxylic acids is 2. The van der Waals surface area contributed by atoms with Crippen molar-refractivity contribution < 1.29 is 14.3 Å². The number of hydrogen-bond acceptors (Lipinski definition) is 5. The van der Waals surface area contributed by atoms with E-state index in [0.29, 0.717) is 16.4 Å². The quantitative estimate of drug-likeness (QED) is 0.735. The third kappa shape index (κ3) is 4.84. The summed E-state index contributed by atoms with van der Waals surface area (Å²) >= 11 is 1.17. The van der Waals surface area contributed by atoms with E-state index in [1.807, 2.05) is 44.2 Å². The van der Waals surface area contributed by atoms with Crippen molar-refractivity contribution in [2.24, 2.45) is 0 Å². The van der Waals surface area contributed by atoms with Gasteiger partial charge in [-0.1, -0.05) is 36.0 Å². The van der Waals surface area contributed by atoms with Gasteiger partial charge in [0.1, 0.15) is 5.75 Å². The number of thioether (sulfide) groups is 1. The zero-order valence-corrected chi connectivity index (χ0v) is 17.9. The molecule has 0 spiro atoms. The fourth-order valence-corrected chi connectivity index (χ4v) is 4.14. The number of methoxy groups -OCH3 is 1. The minimum Gasteiger partial charge on any atom is -0.497 e. The summed E-state index contributed by atoms with van der Waals surface area (Å²) in [5.74, 6) is 0.0776. The van der Waals surface area contributed by atoms with Crippen molar-refractivity contribution in [3.05, 3.63) is 69.8 Å². The summed E-state index contributed by atoms with van der Waals surface area (Å²) in [6, 6.07) is 15.3. The number of allylic oxidation sites excluding steroid dienone is 1. The van der Waals surface area contributed by atoms with Crippen LogP contribution in [0.1, 0.15) is 29.0 Å². The monoisotopic (exact) mass is 421 g/mol. The zero-order chi connectivity index (χ0) is 21.7. The molecule has 2 amide bonds. The molecule has 1 atom stereocenters. The molecule has 6 nitrogen and oxygen atoms in total. The predicted molar refractivity (Wildman–Crippen MR) is 118 cm³/mol. The molecule has 0 fully saturated rings. The number of benzene rings is 2. The highest BCUT2D eigenvalue weighted by Crippen LogP contribution is 2.36. The Labute approximate surface area is 180 Å². The van der Waals surface area contributed by atoms with Gasteiger partial charge in [0.2, 0.25) is 11.8 Å². The first-order valence-electron chi connectivity index (χ1n) is 9.50. The van der Waals surface area contributed by atoms with Crippen LogP contribution in [0.15, 0.2) is 53.1 Å². The van der Waals surface area contributed by atoms with E-state index in [2.05, 4.69) is 16.7 Å². The Morgan fingerprint density at radius 3 is 2.67 bits per heavy atom. The van der Waals surface area contributed by atoms with Crippen LogP contribution >= 0.6 is 11.8 Å². The lowest BCUT2D eigenvalue weighted by molar-refractivity contribution is -0.121. The second-order valence-corrected chi connectivity index (χ2v) is 8.00. The second kappa shape index (κ2) is 9.51. The van der Waals surface area contributed by atoms with Gasteiger partial charge in [-0.15, -0.1) is 0 Å². The van der Waals surface area contributed by atoms with Crippen molar-refractivity contribution in [3.8, 4) is 11.8 Å². The standard InChI is InChI=1S/C23H23N3O3S/c1-14-5-4-6-20(15(14)2)25-22(28)13-30-23-19(12-24)18(11-21(27)26-23)16-7-9-17(29-3)10-8-16/h4-10,18H,11,13H2,1-3H3,(H,25,28)(H,26,27)/t18-/m0/s1. The summed E-state index contributed by atoms with van der Waals surface area (Å²) in [6.45, 7) is 3.94. The van der Waals surface area contributed by atoms with Gasteiger partial charge in [0.15, 0.2) is 0 Å². The lowest BCUT2D eigenvalue weighted by Crippen LogP contribution is -2.31. The molecule has 2 aromatic carbocycles. The Morgan fingerprint density at radius 1 is 1.27 bits per heavy atom. The van der Waals surface area contributed by atoms with Gasteiger partial charge in [-0.25, -0.2) is 0 Å². The molecule has 0 saturated carbocycles. The number of ether oxygens (including phenoxy) is 1.